The number of ether oxygens (including phenoxy) is 2. The molecule has 2 heterocycles. The number of carbonyl (C=O) groups excluding carboxylic acids is 2. The van der Waals surface area contributed by atoms with E-state index in [1.165, 1.54) is 6.92 Å². The van der Waals surface area contributed by atoms with E-state index in [-0.39, 0.29) is 12.2 Å². The molecule has 0 bridgehead atoms. The number of aromatic nitrogens is 2. The summed E-state index contributed by atoms with van der Waals surface area (Å²) >= 11 is 0. The predicted molar refractivity (Wildman–Crippen MR) is 96.1 cm³/mol. The van der Waals surface area contributed by atoms with Gasteiger partial charge in [0.15, 0.2) is 18.0 Å². The Labute approximate surface area is 168 Å². The number of nitrogens with one attached hydrogen (secondary N) is 1. The lowest BCUT2D eigenvalue weighted by Gasteiger charge is -2.27. The monoisotopic (exact) mass is 454 g/mol. The van der Waals surface area contributed by atoms with Gasteiger partial charge in [-0.05, 0) is 13.8 Å². The predicted octanol–water partition coefficient (Wildman–Crippen LogP) is 0.307. The third-order valence-corrected chi connectivity index (χ3v) is 5.48. The molecule has 1 unspecified atom stereocenters. The summed E-state index contributed by atoms with van der Waals surface area (Å²) in [6.45, 7) is 2.05. The third-order valence-electron chi connectivity index (χ3n) is 4.54. The van der Waals surface area contributed by atoms with Crippen molar-refractivity contribution in [3.05, 3.63) is 33.1 Å². The Morgan fingerprint density at radius 2 is 2.03 bits per heavy atom. The molecule has 1 saturated heterocycles. The van der Waals surface area contributed by atoms with Gasteiger partial charge in [-0.1, -0.05) is 0 Å². The number of Topliss-reactive ketones (excluding diaryl/α,β-unsaturated/α-hetero) is 1. The highest BCUT2D eigenvalue weighted by atomic mass is 31.2. The molecule has 5 atom stereocenters. The quantitative estimate of drug-likeness (QED) is 0.370. The lowest BCUT2D eigenvalue weighted by Crippen LogP contribution is -2.48. The average molecular weight is 454 g/mol. The van der Waals surface area contributed by atoms with Crippen LogP contribution in [-0.2, 0) is 23.6 Å². The Bertz CT molecular complexity index is 942. The molecule has 1 aromatic rings. The molecule has 0 radical (unpaired) electrons. The Balaban J connectivity index is 2.41. The third kappa shape index (κ3) is 5.28. The summed E-state index contributed by atoms with van der Waals surface area (Å²) in [7, 11) is -5.24. The summed E-state index contributed by atoms with van der Waals surface area (Å²) in [6, 6.07) is 0.898. The molecule has 11 nitrogen and oxygen atoms in total. The van der Waals surface area contributed by atoms with E-state index in [2.05, 4.69) is 4.98 Å². The van der Waals surface area contributed by atoms with E-state index in [0.29, 0.717) is 4.57 Å². The number of nitrogens with zero attached hydrogens (tertiary/aromatic N) is 1. The van der Waals surface area contributed by atoms with Gasteiger partial charge in [0.2, 0.25) is 5.91 Å². The Morgan fingerprint density at radius 1 is 1.40 bits per heavy atom. The SMILES string of the molecule is CC(=O)CCC(=O)O[C@@H]1[C@@H](CC(F)P(=O)(O)O)O[C@@H](n2c(=O)cc[nH]c2=O)[C@]1(C)F. The normalized spacial score (nSPS) is 27.6. The number of esters is 1. The summed E-state index contributed by atoms with van der Waals surface area (Å²) < 4.78 is 51.4. The number of H-pyrrole nitrogens is 1. The lowest BCUT2D eigenvalue weighted by molar-refractivity contribution is -0.158. The second kappa shape index (κ2) is 8.88. The minimum absolute atomic E-state index is 0.213. The zero-order chi connectivity index (χ0) is 22.9. The van der Waals surface area contributed by atoms with Crippen LogP contribution in [0.4, 0.5) is 8.78 Å². The van der Waals surface area contributed by atoms with Crippen LogP contribution in [0.25, 0.3) is 0 Å². The van der Waals surface area contributed by atoms with E-state index in [4.69, 9.17) is 19.3 Å². The van der Waals surface area contributed by atoms with Crippen molar-refractivity contribution in [1.82, 2.24) is 9.55 Å². The van der Waals surface area contributed by atoms with Gasteiger partial charge < -0.3 is 29.0 Å². The first-order valence-electron chi connectivity index (χ1n) is 8.78. The van der Waals surface area contributed by atoms with Gasteiger partial charge in [0.1, 0.15) is 11.9 Å². The first-order chi connectivity index (χ1) is 13.7. The Kier molecular flexibility index (Phi) is 7.12. The minimum Gasteiger partial charge on any atom is -0.456 e. The van der Waals surface area contributed by atoms with Gasteiger partial charge in [-0.25, -0.2) is 18.1 Å². The molecule has 0 saturated carbocycles. The number of halogens is 2. The highest BCUT2D eigenvalue weighted by Crippen LogP contribution is 2.49. The summed E-state index contributed by atoms with van der Waals surface area (Å²) in [5, 5.41) is 0. The van der Waals surface area contributed by atoms with Crippen LogP contribution < -0.4 is 11.2 Å². The maximum absolute atomic E-state index is 15.6. The van der Waals surface area contributed by atoms with Gasteiger partial charge in [-0.3, -0.25) is 14.2 Å². The molecular formula is C16H21F2N2O9P. The van der Waals surface area contributed by atoms with Gasteiger partial charge in [0.05, 0.1) is 6.42 Å². The highest BCUT2D eigenvalue weighted by molar-refractivity contribution is 7.52. The molecule has 14 heteroatoms. The van der Waals surface area contributed by atoms with Gasteiger partial charge in [-0.15, -0.1) is 0 Å². The second-order valence-corrected chi connectivity index (χ2v) is 8.78. The van der Waals surface area contributed by atoms with Crippen molar-refractivity contribution in [2.45, 2.75) is 63.1 Å². The molecule has 1 aromatic heterocycles. The van der Waals surface area contributed by atoms with Crippen molar-refractivity contribution in [3.63, 3.8) is 0 Å². The molecule has 1 aliphatic rings. The number of hydrogen-bond acceptors (Lipinski definition) is 7. The minimum atomic E-state index is -5.24. The van der Waals surface area contributed by atoms with Crippen LogP contribution in [0.3, 0.4) is 0 Å². The zero-order valence-corrected chi connectivity index (χ0v) is 16.9. The molecule has 0 aromatic carbocycles. The smallest absolute Gasteiger partial charge is 0.359 e. The summed E-state index contributed by atoms with van der Waals surface area (Å²) in [5.74, 6) is -4.17. The molecular weight excluding hydrogens is 433 g/mol. The maximum Gasteiger partial charge on any atom is 0.359 e. The lowest BCUT2D eigenvalue weighted by atomic mass is 9.96. The van der Waals surface area contributed by atoms with E-state index >= 15 is 4.39 Å². The molecule has 30 heavy (non-hydrogen) atoms. The van der Waals surface area contributed by atoms with Crippen molar-refractivity contribution in [1.29, 1.82) is 0 Å². The van der Waals surface area contributed by atoms with Crippen LogP contribution in [0.2, 0.25) is 0 Å². The van der Waals surface area contributed by atoms with Crippen molar-refractivity contribution in [2.24, 2.45) is 0 Å². The number of hydrogen-bond donors (Lipinski definition) is 3. The molecule has 3 N–H and O–H groups in total. The molecule has 0 aliphatic carbocycles. The fraction of sp³-hybridized carbons (Fsp3) is 0.625. The molecule has 1 aliphatic heterocycles. The summed E-state index contributed by atoms with van der Waals surface area (Å²) in [6.07, 6.45) is -6.34. The largest absolute Gasteiger partial charge is 0.456 e. The van der Waals surface area contributed by atoms with Crippen molar-refractivity contribution in [3.8, 4) is 0 Å². The van der Waals surface area contributed by atoms with Gasteiger partial charge in [-0.2, -0.15) is 0 Å². The van der Waals surface area contributed by atoms with E-state index in [0.717, 1.165) is 19.2 Å². The van der Waals surface area contributed by atoms with Crippen LogP contribution >= 0.6 is 7.60 Å². The molecule has 1 fully saturated rings. The van der Waals surface area contributed by atoms with E-state index in [9.17, 15) is 28.1 Å². The zero-order valence-electron chi connectivity index (χ0n) is 16.0. The van der Waals surface area contributed by atoms with E-state index in [1.54, 1.807) is 0 Å². The molecule has 0 amide bonds. The summed E-state index contributed by atoms with van der Waals surface area (Å²) in [4.78, 5) is 67.3. The molecule has 168 valence electrons. The Morgan fingerprint density at radius 3 is 2.57 bits per heavy atom. The first kappa shape index (κ1) is 24.1. The van der Waals surface area contributed by atoms with Crippen LogP contribution in [-0.4, -0.2) is 54.9 Å². The van der Waals surface area contributed by atoms with Crippen LogP contribution in [0, 0.1) is 0 Å². The number of rotatable bonds is 8. The van der Waals surface area contributed by atoms with Gasteiger partial charge in [0, 0.05) is 25.1 Å². The van der Waals surface area contributed by atoms with Crippen LogP contribution in [0.15, 0.2) is 21.9 Å². The van der Waals surface area contributed by atoms with Crippen LogP contribution in [0.5, 0.6) is 0 Å². The first-order valence-corrected chi connectivity index (χ1v) is 10.5. The number of carbonyl (C=O) groups is 2. The van der Waals surface area contributed by atoms with Crippen molar-refractivity contribution in [2.75, 3.05) is 0 Å². The van der Waals surface area contributed by atoms with E-state index < -0.39 is 67.7 Å². The second-order valence-electron chi connectivity index (χ2n) is 7.04. The number of alkyl halides is 2. The highest BCUT2D eigenvalue weighted by Gasteiger charge is 2.59. The standard InChI is InChI=1S/C16H21F2N2O9P/c1-8(21)3-4-12(23)29-13-9(7-10(17)30(25,26)27)28-14(16(13,2)18)20-11(22)5-6-19-15(20)24/h5-6,9-10,13-14H,3-4,7H2,1-2H3,(H,19,24)(H2,25,26,27)/t9-,10?,13-,14-,16-/m1/s1. The number of aromatic amines is 1. The van der Waals surface area contributed by atoms with Crippen molar-refractivity contribution < 1.29 is 42.2 Å². The maximum atomic E-state index is 15.6. The fourth-order valence-corrected chi connectivity index (χ4v) is 3.50. The molecule has 0 spiro atoms. The van der Waals surface area contributed by atoms with E-state index in [1.807, 2.05) is 0 Å². The van der Waals surface area contributed by atoms with Gasteiger partial charge in [0.25, 0.3) is 5.56 Å². The Hall–Kier alpha value is -2.21. The average Bonchev–Trinajstić information content (AvgIpc) is 2.83. The van der Waals surface area contributed by atoms with Crippen molar-refractivity contribution >= 4 is 19.3 Å². The van der Waals surface area contributed by atoms with Gasteiger partial charge >= 0.3 is 19.3 Å². The summed E-state index contributed by atoms with van der Waals surface area (Å²) in [5.41, 5.74) is -4.80. The topological polar surface area (TPSA) is 165 Å². The van der Waals surface area contributed by atoms with Crippen LogP contribution in [0.1, 0.15) is 39.3 Å². The number of ketones is 1. The fourth-order valence-electron chi connectivity index (χ4n) is 3.02. The molecule has 2 rings (SSSR count).